The van der Waals surface area contributed by atoms with E-state index in [1.54, 1.807) is 0 Å². The van der Waals surface area contributed by atoms with Gasteiger partial charge in [0, 0.05) is 32.7 Å². The summed E-state index contributed by atoms with van der Waals surface area (Å²) in [4.78, 5) is 17.0. The zero-order chi connectivity index (χ0) is 20.1. The summed E-state index contributed by atoms with van der Waals surface area (Å²) >= 11 is 0. The van der Waals surface area contributed by atoms with Gasteiger partial charge in [-0.05, 0) is 36.8 Å². The van der Waals surface area contributed by atoms with E-state index in [2.05, 4.69) is 17.0 Å². The number of hydrogen-bond acceptors (Lipinski definition) is 5. The van der Waals surface area contributed by atoms with E-state index in [1.165, 1.54) is 5.56 Å². The van der Waals surface area contributed by atoms with Gasteiger partial charge in [0.1, 0.15) is 17.6 Å². The molecule has 0 bridgehead atoms. The monoisotopic (exact) mass is 396 g/mol. The van der Waals surface area contributed by atoms with Gasteiger partial charge < -0.3 is 19.1 Å². The molecule has 2 aliphatic rings. The van der Waals surface area contributed by atoms with Gasteiger partial charge in [-0.1, -0.05) is 24.3 Å². The van der Waals surface area contributed by atoms with Crippen molar-refractivity contribution in [2.75, 3.05) is 46.0 Å². The molecular formula is C23H28N2O4. The van der Waals surface area contributed by atoms with E-state index in [0.29, 0.717) is 44.2 Å². The standard InChI is InChI=1S/C23H28N2O4/c1-2-28-19-7-5-6-18(14-19)15-24-16-20(17-24)29-22-9-4-3-8-21(22)23(26)25-10-12-27-13-11-25/h3-9,14,20H,2,10-13,15-17H2,1H3. The van der Waals surface area contributed by atoms with Crippen molar-refractivity contribution >= 4 is 5.91 Å². The van der Waals surface area contributed by atoms with Crippen molar-refractivity contribution in [1.29, 1.82) is 0 Å². The number of para-hydroxylation sites is 1. The molecule has 0 spiro atoms. The molecule has 4 rings (SSSR count). The van der Waals surface area contributed by atoms with Gasteiger partial charge in [-0.25, -0.2) is 0 Å². The van der Waals surface area contributed by atoms with E-state index in [4.69, 9.17) is 14.2 Å². The van der Waals surface area contributed by atoms with Crippen LogP contribution in [0.5, 0.6) is 11.5 Å². The maximum atomic E-state index is 12.9. The van der Waals surface area contributed by atoms with Crippen LogP contribution < -0.4 is 9.47 Å². The second-order valence-corrected chi connectivity index (χ2v) is 7.42. The summed E-state index contributed by atoms with van der Waals surface area (Å²) < 4.78 is 17.1. The summed E-state index contributed by atoms with van der Waals surface area (Å²) in [6, 6.07) is 15.8. The molecule has 2 saturated heterocycles. The van der Waals surface area contributed by atoms with Crippen molar-refractivity contribution in [2.45, 2.75) is 19.6 Å². The lowest BCUT2D eigenvalue weighted by Crippen LogP contribution is -2.53. The molecule has 154 valence electrons. The Morgan fingerprint density at radius 1 is 1.10 bits per heavy atom. The lowest BCUT2D eigenvalue weighted by Gasteiger charge is -2.39. The molecule has 1 amide bonds. The van der Waals surface area contributed by atoms with Crippen LogP contribution in [0, 0.1) is 0 Å². The zero-order valence-electron chi connectivity index (χ0n) is 16.9. The molecule has 6 nitrogen and oxygen atoms in total. The van der Waals surface area contributed by atoms with Gasteiger partial charge in [-0.3, -0.25) is 9.69 Å². The van der Waals surface area contributed by atoms with E-state index in [0.717, 1.165) is 25.4 Å². The van der Waals surface area contributed by atoms with Crippen LogP contribution in [0.3, 0.4) is 0 Å². The molecule has 6 heteroatoms. The lowest BCUT2D eigenvalue weighted by atomic mass is 10.1. The van der Waals surface area contributed by atoms with E-state index in [9.17, 15) is 4.79 Å². The molecule has 0 atom stereocenters. The van der Waals surface area contributed by atoms with Crippen LogP contribution in [0.25, 0.3) is 0 Å². The number of carbonyl (C=O) groups excluding carboxylic acids is 1. The molecule has 0 saturated carbocycles. The summed E-state index contributed by atoms with van der Waals surface area (Å²) in [7, 11) is 0. The largest absolute Gasteiger partial charge is 0.494 e. The van der Waals surface area contributed by atoms with Crippen molar-refractivity contribution in [3.63, 3.8) is 0 Å². The van der Waals surface area contributed by atoms with Crippen molar-refractivity contribution in [3.05, 3.63) is 59.7 Å². The van der Waals surface area contributed by atoms with E-state index in [-0.39, 0.29) is 12.0 Å². The van der Waals surface area contributed by atoms with Gasteiger partial charge in [-0.15, -0.1) is 0 Å². The molecular weight excluding hydrogens is 368 g/mol. The third-order valence-electron chi connectivity index (χ3n) is 5.25. The number of nitrogens with zero attached hydrogens (tertiary/aromatic N) is 2. The number of carbonyl (C=O) groups is 1. The third-order valence-corrected chi connectivity index (χ3v) is 5.25. The normalized spacial score (nSPS) is 17.6. The summed E-state index contributed by atoms with van der Waals surface area (Å²) in [5, 5.41) is 0. The van der Waals surface area contributed by atoms with Crippen molar-refractivity contribution < 1.29 is 19.0 Å². The molecule has 0 radical (unpaired) electrons. The first-order valence-corrected chi connectivity index (χ1v) is 10.3. The van der Waals surface area contributed by atoms with E-state index < -0.39 is 0 Å². The van der Waals surface area contributed by atoms with Gasteiger partial charge in [0.25, 0.3) is 5.91 Å². The minimum atomic E-state index is 0.0211. The SMILES string of the molecule is CCOc1cccc(CN2CC(Oc3ccccc3C(=O)N3CCOCC3)C2)c1. The van der Waals surface area contributed by atoms with E-state index in [1.807, 2.05) is 48.2 Å². The first kappa shape index (κ1) is 19.7. The molecule has 29 heavy (non-hydrogen) atoms. The fourth-order valence-corrected chi connectivity index (χ4v) is 3.75. The number of morpholine rings is 1. The average Bonchev–Trinajstić information content (AvgIpc) is 2.73. The van der Waals surface area contributed by atoms with Gasteiger partial charge in [0.15, 0.2) is 0 Å². The lowest BCUT2D eigenvalue weighted by molar-refractivity contribution is 0.0125. The smallest absolute Gasteiger partial charge is 0.257 e. The van der Waals surface area contributed by atoms with Crippen molar-refractivity contribution in [3.8, 4) is 11.5 Å². The predicted octanol–water partition coefficient (Wildman–Crippen LogP) is 2.82. The van der Waals surface area contributed by atoms with Crippen LogP contribution in [0.4, 0.5) is 0 Å². The Morgan fingerprint density at radius 3 is 2.69 bits per heavy atom. The topological polar surface area (TPSA) is 51.2 Å². The number of hydrogen-bond donors (Lipinski definition) is 0. The molecule has 0 aliphatic carbocycles. The highest BCUT2D eigenvalue weighted by Crippen LogP contribution is 2.25. The van der Waals surface area contributed by atoms with Crippen LogP contribution in [0.2, 0.25) is 0 Å². The minimum absolute atomic E-state index is 0.0211. The third kappa shape index (κ3) is 4.89. The highest BCUT2D eigenvalue weighted by Gasteiger charge is 2.30. The Morgan fingerprint density at radius 2 is 1.90 bits per heavy atom. The first-order valence-electron chi connectivity index (χ1n) is 10.3. The Kier molecular flexibility index (Phi) is 6.32. The number of benzene rings is 2. The highest BCUT2D eigenvalue weighted by atomic mass is 16.5. The van der Waals surface area contributed by atoms with Gasteiger partial charge >= 0.3 is 0 Å². The maximum absolute atomic E-state index is 12.9. The second kappa shape index (κ2) is 9.29. The molecule has 0 unspecified atom stereocenters. The summed E-state index contributed by atoms with van der Waals surface area (Å²) in [5.41, 5.74) is 1.87. The molecule has 2 aliphatic heterocycles. The summed E-state index contributed by atoms with van der Waals surface area (Å²) in [6.07, 6.45) is 0.101. The highest BCUT2D eigenvalue weighted by molar-refractivity contribution is 5.97. The molecule has 0 N–H and O–H groups in total. The Labute approximate surface area is 172 Å². The fourth-order valence-electron chi connectivity index (χ4n) is 3.75. The molecule has 2 heterocycles. The Balaban J connectivity index is 1.32. The van der Waals surface area contributed by atoms with Crippen molar-refractivity contribution in [1.82, 2.24) is 9.80 Å². The first-order chi connectivity index (χ1) is 14.2. The average molecular weight is 396 g/mol. The van der Waals surface area contributed by atoms with Crippen LogP contribution in [0.15, 0.2) is 48.5 Å². The van der Waals surface area contributed by atoms with Crippen molar-refractivity contribution in [2.24, 2.45) is 0 Å². The molecule has 2 aromatic rings. The van der Waals surface area contributed by atoms with Gasteiger partial charge in [0.05, 0.1) is 25.4 Å². The predicted molar refractivity (Wildman–Crippen MR) is 110 cm³/mol. The maximum Gasteiger partial charge on any atom is 0.257 e. The summed E-state index contributed by atoms with van der Waals surface area (Å²) in [6.45, 7) is 7.68. The Hall–Kier alpha value is -2.57. The van der Waals surface area contributed by atoms with Crippen LogP contribution in [-0.2, 0) is 11.3 Å². The number of amides is 1. The van der Waals surface area contributed by atoms with Crippen LogP contribution in [0.1, 0.15) is 22.8 Å². The number of likely N-dealkylation sites (tertiary alicyclic amines) is 1. The quantitative estimate of drug-likeness (QED) is 0.720. The molecule has 2 aromatic carbocycles. The van der Waals surface area contributed by atoms with Gasteiger partial charge in [0.2, 0.25) is 0 Å². The summed E-state index contributed by atoms with van der Waals surface area (Å²) in [5.74, 6) is 1.61. The van der Waals surface area contributed by atoms with Crippen LogP contribution >= 0.6 is 0 Å². The number of ether oxygens (including phenoxy) is 3. The van der Waals surface area contributed by atoms with Gasteiger partial charge in [-0.2, -0.15) is 0 Å². The fraction of sp³-hybridized carbons (Fsp3) is 0.435. The number of rotatable bonds is 7. The zero-order valence-corrected chi connectivity index (χ0v) is 16.9. The minimum Gasteiger partial charge on any atom is -0.494 e. The molecule has 2 fully saturated rings. The van der Waals surface area contributed by atoms with Crippen LogP contribution in [-0.4, -0.2) is 67.8 Å². The molecule has 0 aromatic heterocycles. The second-order valence-electron chi connectivity index (χ2n) is 7.42. The van der Waals surface area contributed by atoms with E-state index >= 15 is 0 Å². The Bertz CT molecular complexity index is 829.